The Labute approximate surface area is 107 Å². The third-order valence-electron chi connectivity index (χ3n) is 3.78. The van der Waals surface area contributed by atoms with E-state index < -0.39 is 0 Å². The zero-order valence-corrected chi connectivity index (χ0v) is 11.0. The van der Waals surface area contributed by atoms with Crippen LogP contribution in [0.1, 0.15) is 12.0 Å². The molecular weight excluding hydrogens is 222 g/mol. The Morgan fingerprint density at radius 3 is 2.78 bits per heavy atom. The lowest BCUT2D eigenvalue weighted by molar-refractivity contribution is 0.370. The lowest BCUT2D eigenvalue weighted by Gasteiger charge is -2.22. The molecule has 2 heterocycles. The summed E-state index contributed by atoms with van der Waals surface area (Å²) in [4.78, 5) is 2.33. The van der Waals surface area contributed by atoms with Crippen molar-refractivity contribution in [3.8, 4) is 0 Å². The van der Waals surface area contributed by atoms with Crippen molar-refractivity contribution in [3.63, 3.8) is 0 Å². The molecule has 3 heteroatoms. The maximum absolute atomic E-state index is 6.04. The number of nitrogens with two attached hydrogens (primary N) is 1. The minimum Gasteiger partial charge on any atom is -0.399 e. The normalized spacial score (nSPS) is 17.1. The van der Waals surface area contributed by atoms with E-state index in [0.29, 0.717) is 0 Å². The number of aryl methyl sites for hydroxylation is 1. The lowest BCUT2D eigenvalue weighted by atomic mass is 9.96. The highest BCUT2D eigenvalue weighted by Crippen LogP contribution is 2.31. The van der Waals surface area contributed by atoms with Gasteiger partial charge in [-0.15, -0.1) is 0 Å². The van der Waals surface area contributed by atoms with Crippen molar-refractivity contribution in [2.24, 2.45) is 7.05 Å². The van der Waals surface area contributed by atoms with Crippen LogP contribution in [-0.4, -0.2) is 29.6 Å². The van der Waals surface area contributed by atoms with Crippen LogP contribution < -0.4 is 5.73 Å². The highest BCUT2D eigenvalue weighted by atomic mass is 15.1. The molecule has 1 aromatic heterocycles. The van der Waals surface area contributed by atoms with E-state index in [0.717, 1.165) is 25.2 Å². The average Bonchev–Trinajstić information content (AvgIpc) is 2.71. The van der Waals surface area contributed by atoms with Gasteiger partial charge in [0.1, 0.15) is 0 Å². The number of likely N-dealkylation sites (N-methyl/N-ethyl adjacent to an activating group) is 1. The molecule has 2 aromatic rings. The fourth-order valence-corrected chi connectivity index (χ4v) is 2.67. The number of hydrogen-bond donors (Lipinski definition) is 1. The van der Waals surface area contributed by atoms with Crippen LogP contribution in [0, 0.1) is 0 Å². The molecule has 0 aliphatic carbocycles. The van der Waals surface area contributed by atoms with Crippen LogP contribution >= 0.6 is 0 Å². The topological polar surface area (TPSA) is 34.2 Å². The number of rotatable bonds is 1. The Bertz CT molecular complexity index is 622. The van der Waals surface area contributed by atoms with Crippen molar-refractivity contribution in [1.29, 1.82) is 0 Å². The number of aromatic nitrogens is 1. The van der Waals surface area contributed by atoms with Crippen LogP contribution in [0.25, 0.3) is 16.5 Å². The fourth-order valence-electron chi connectivity index (χ4n) is 2.67. The van der Waals surface area contributed by atoms with Gasteiger partial charge in [0, 0.05) is 37.4 Å². The van der Waals surface area contributed by atoms with Gasteiger partial charge in [0.15, 0.2) is 0 Å². The number of benzene rings is 1. The Hall–Kier alpha value is -1.74. The summed E-state index contributed by atoms with van der Waals surface area (Å²) in [5.41, 5.74) is 10.8. The Kier molecular flexibility index (Phi) is 2.63. The first-order valence-electron chi connectivity index (χ1n) is 6.37. The maximum Gasteiger partial charge on any atom is 0.0504 e. The molecule has 2 N–H and O–H groups in total. The molecule has 1 aromatic carbocycles. The molecule has 0 fully saturated rings. The minimum atomic E-state index is 0.846. The summed E-state index contributed by atoms with van der Waals surface area (Å²) in [5.74, 6) is 0. The van der Waals surface area contributed by atoms with Gasteiger partial charge in [0.25, 0.3) is 0 Å². The van der Waals surface area contributed by atoms with Crippen LogP contribution in [0.4, 0.5) is 5.69 Å². The summed E-state index contributed by atoms with van der Waals surface area (Å²) in [5, 5.41) is 1.31. The predicted molar refractivity (Wildman–Crippen MR) is 77.4 cm³/mol. The first-order chi connectivity index (χ1) is 8.65. The van der Waals surface area contributed by atoms with E-state index in [-0.39, 0.29) is 0 Å². The second-order valence-electron chi connectivity index (χ2n) is 5.17. The molecule has 0 unspecified atom stereocenters. The van der Waals surface area contributed by atoms with Gasteiger partial charge < -0.3 is 15.2 Å². The molecule has 0 spiro atoms. The molecular formula is C15H19N3. The quantitative estimate of drug-likeness (QED) is 0.778. The predicted octanol–water partition coefficient (Wildman–Crippen LogP) is 2.48. The van der Waals surface area contributed by atoms with Gasteiger partial charge in [-0.2, -0.15) is 0 Å². The van der Waals surface area contributed by atoms with Gasteiger partial charge in [0.05, 0.1) is 5.52 Å². The van der Waals surface area contributed by atoms with E-state index in [4.69, 9.17) is 5.73 Å². The lowest BCUT2D eigenvalue weighted by Crippen LogP contribution is -2.23. The highest BCUT2D eigenvalue weighted by Gasteiger charge is 2.13. The maximum atomic E-state index is 6.04. The van der Waals surface area contributed by atoms with E-state index >= 15 is 0 Å². The first kappa shape index (κ1) is 11.4. The number of hydrogen-bond acceptors (Lipinski definition) is 2. The minimum absolute atomic E-state index is 0.846. The van der Waals surface area contributed by atoms with Crippen molar-refractivity contribution in [2.45, 2.75) is 6.42 Å². The van der Waals surface area contributed by atoms with E-state index in [1.54, 1.807) is 0 Å². The molecule has 0 amide bonds. The van der Waals surface area contributed by atoms with Gasteiger partial charge in [-0.1, -0.05) is 6.08 Å². The molecule has 1 aliphatic rings. The van der Waals surface area contributed by atoms with Crippen LogP contribution in [-0.2, 0) is 7.05 Å². The number of fused-ring (bicyclic) bond motifs is 1. The molecule has 18 heavy (non-hydrogen) atoms. The van der Waals surface area contributed by atoms with E-state index in [1.807, 2.05) is 6.07 Å². The van der Waals surface area contributed by atoms with Crippen molar-refractivity contribution in [3.05, 3.63) is 36.0 Å². The van der Waals surface area contributed by atoms with Crippen molar-refractivity contribution in [2.75, 3.05) is 25.9 Å². The first-order valence-corrected chi connectivity index (χ1v) is 6.37. The summed E-state index contributed by atoms with van der Waals surface area (Å²) in [7, 11) is 4.22. The molecule has 1 aliphatic heterocycles. The number of nitrogens with zero attached hydrogens (tertiary/aromatic N) is 2. The van der Waals surface area contributed by atoms with Gasteiger partial charge in [0.2, 0.25) is 0 Å². The Morgan fingerprint density at radius 2 is 2.06 bits per heavy atom. The van der Waals surface area contributed by atoms with Gasteiger partial charge in [-0.25, -0.2) is 0 Å². The number of anilines is 1. The summed E-state index contributed by atoms with van der Waals surface area (Å²) in [6.45, 7) is 2.15. The molecule has 0 radical (unpaired) electrons. The molecule has 0 saturated heterocycles. The Balaban J connectivity index is 2.17. The summed E-state index contributed by atoms with van der Waals surface area (Å²) in [6.07, 6.45) is 5.53. The molecule has 3 rings (SSSR count). The smallest absolute Gasteiger partial charge is 0.0504 e. The molecule has 0 atom stereocenters. The van der Waals surface area contributed by atoms with E-state index in [1.165, 1.54) is 22.0 Å². The van der Waals surface area contributed by atoms with E-state index in [9.17, 15) is 0 Å². The third kappa shape index (κ3) is 1.81. The fraction of sp³-hybridized carbons (Fsp3) is 0.333. The van der Waals surface area contributed by atoms with Crippen LogP contribution in [0.3, 0.4) is 0 Å². The summed E-state index contributed by atoms with van der Waals surface area (Å²) < 4.78 is 2.13. The third-order valence-corrected chi connectivity index (χ3v) is 3.78. The number of nitrogen functional groups attached to an aromatic ring is 1. The SMILES string of the molecule is CN1CC=C(c2cc(N)cc3c2ccn3C)CC1. The van der Waals surface area contributed by atoms with Gasteiger partial charge >= 0.3 is 0 Å². The van der Waals surface area contributed by atoms with Crippen LogP contribution in [0.2, 0.25) is 0 Å². The zero-order valence-electron chi connectivity index (χ0n) is 11.0. The average molecular weight is 241 g/mol. The van der Waals surface area contributed by atoms with E-state index in [2.05, 4.69) is 48.0 Å². The molecule has 3 nitrogen and oxygen atoms in total. The summed E-state index contributed by atoms with van der Waals surface area (Å²) >= 11 is 0. The van der Waals surface area contributed by atoms with Crippen molar-refractivity contribution >= 4 is 22.2 Å². The Morgan fingerprint density at radius 1 is 1.22 bits per heavy atom. The second-order valence-corrected chi connectivity index (χ2v) is 5.17. The summed E-state index contributed by atoms with van der Waals surface area (Å²) in [6, 6.07) is 6.34. The van der Waals surface area contributed by atoms with Gasteiger partial charge in [-0.3, -0.25) is 0 Å². The highest BCUT2D eigenvalue weighted by molar-refractivity contribution is 5.95. The van der Waals surface area contributed by atoms with Crippen LogP contribution in [0.5, 0.6) is 0 Å². The van der Waals surface area contributed by atoms with Crippen molar-refractivity contribution in [1.82, 2.24) is 9.47 Å². The monoisotopic (exact) mass is 241 g/mol. The van der Waals surface area contributed by atoms with Crippen LogP contribution in [0.15, 0.2) is 30.5 Å². The largest absolute Gasteiger partial charge is 0.399 e. The zero-order chi connectivity index (χ0) is 12.7. The second kappa shape index (κ2) is 4.18. The standard InChI is InChI=1S/C15H19N3/c1-17-6-3-11(4-7-17)14-9-12(16)10-15-13(14)5-8-18(15)2/h3,5,8-10H,4,6-7,16H2,1-2H3. The molecule has 0 saturated carbocycles. The molecule has 94 valence electrons. The molecule has 0 bridgehead atoms. The van der Waals surface area contributed by atoms with Crippen molar-refractivity contribution < 1.29 is 0 Å². The van der Waals surface area contributed by atoms with Gasteiger partial charge in [-0.05, 0) is 42.8 Å².